The van der Waals surface area contributed by atoms with Crippen LogP contribution in [0.1, 0.15) is 13.8 Å². The Morgan fingerprint density at radius 2 is 1.75 bits per heavy atom. The van der Waals surface area contributed by atoms with Crippen LogP contribution in [0, 0.1) is 5.41 Å². The van der Waals surface area contributed by atoms with Crippen LogP contribution in [0.15, 0.2) is 12.7 Å². The fourth-order valence-corrected chi connectivity index (χ4v) is 7.76. The van der Waals surface area contributed by atoms with Gasteiger partial charge < -0.3 is 0 Å². The monoisotopic (exact) mass is 202 g/mol. The van der Waals surface area contributed by atoms with E-state index in [-0.39, 0.29) is 5.41 Å². The van der Waals surface area contributed by atoms with Gasteiger partial charge >= 0.3 is 0 Å². The van der Waals surface area contributed by atoms with E-state index in [1.807, 2.05) is 11.8 Å². The van der Waals surface area contributed by atoms with Crippen LogP contribution in [-0.4, -0.2) is 19.2 Å². The molecule has 0 rings (SSSR count). The molecule has 1 unspecified atom stereocenters. The molecule has 72 valence electrons. The van der Waals surface area contributed by atoms with E-state index in [1.54, 1.807) is 0 Å². The van der Waals surface area contributed by atoms with Crippen molar-refractivity contribution >= 4 is 19.8 Å². The highest BCUT2D eigenvalue weighted by atomic mass is 32.2. The van der Waals surface area contributed by atoms with Gasteiger partial charge in [0.25, 0.3) is 0 Å². The molecule has 2 heteroatoms. The largest absolute Gasteiger partial charge is 0.164 e. The first-order valence-electron chi connectivity index (χ1n) is 4.42. The van der Waals surface area contributed by atoms with Gasteiger partial charge in [0.1, 0.15) is 0 Å². The van der Waals surface area contributed by atoms with Crippen molar-refractivity contribution in [1.82, 2.24) is 0 Å². The molecule has 0 spiro atoms. The topological polar surface area (TPSA) is 0 Å². The zero-order valence-electron chi connectivity index (χ0n) is 9.27. The Morgan fingerprint density at radius 3 is 1.83 bits per heavy atom. The SMILES string of the molecule is C=CC(C)(C)C(SC)[Si](C)(C)C. The Kier molecular flexibility index (Phi) is 4.11. The van der Waals surface area contributed by atoms with Gasteiger partial charge in [-0.15, -0.1) is 6.58 Å². The van der Waals surface area contributed by atoms with Gasteiger partial charge in [0.05, 0.1) is 8.07 Å². The molecule has 0 aliphatic heterocycles. The van der Waals surface area contributed by atoms with Gasteiger partial charge in [0.15, 0.2) is 0 Å². The molecule has 0 nitrogen and oxygen atoms in total. The third-order valence-corrected chi connectivity index (χ3v) is 8.45. The lowest BCUT2D eigenvalue weighted by Crippen LogP contribution is -2.44. The number of thioether (sulfide) groups is 1. The number of rotatable bonds is 4. The smallest absolute Gasteiger partial charge is 0.0598 e. The summed E-state index contributed by atoms with van der Waals surface area (Å²) in [6.45, 7) is 15.8. The highest BCUT2D eigenvalue weighted by Crippen LogP contribution is 2.36. The van der Waals surface area contributed by atoms with Crippen molar-refractivity contribution in [2.45, 2.75) is 38.4 Å². The highest BCUT2D eigenvalue weighted by Gasteiger charge is 2.36. The molecule has 0 amide bonds. The lowest BCUT2D eigenvalue weighted by Gasteiger charge is -2.38. The first-order valence-corrected chi connectivity index (χ1v) is 9.28. The minimum atomic E-state index is -1.05. The summed E-state index contributed by atoms with van der Waals surface area (Å²) in [6.07, 6.45) is 4.32. The van der Waals surface area contributed by atoms with E-state index in [9.17, 15) is 0 Å². The molecule has 0 aliphatic rings. The molecule has 0 N–H and O–H groups in total. The molecule has 0 aromatic heterocycles. The van der Waals surface area contributed by atoms with Gasteiger partial charge in [-0.1, -0.05) is 39.6 Å². The third-order valence-electron chi connectivity index (χ3n) is 2.22. The van der Waals surface area contributed by atoms with Gasteiger partial charge in [0.2, 0.25) is 0 Å². The van der Waals surface area contributed by atoms with E-state index in [0.29, 0.717) is 0 Å². The van der Waals surface area contributed by atoms with Crippen LogP contribution < -0.4 is 0 Å². The van der Waals surface area contributed by atoms with Crippen molar-refractivity contribution < 1.29 is 0 Å². The standard InChI is InChI=1S/C10H22SSi/c1-8-10(2,3)9(11-4)12(5,6)7/h8-9H,1H2,2-7H3. The van der Waals surface area contributed by atoms with Crippen molar-refractivity contribution in [3.8, 4) is 0 Å². The van der Waals surface area contributed by atoms with Crippen LogP contribution in [0.3, 0.4) is 0 Å². The third kappa shape index (κ3) is 2.98. The normalized spacial score (nSPS) is 15.8. The lowest BCUT2D eigenvalue weighted by atomic mass is 9.97. The quantitative estimate of drug-likeness (QED) is 0.493. The summed E-state index contributed by atoms with van der Waals surface area (Å²) in [5, 5.41) is 0. The van der Waals surface area contributed by atoms with Crippen LogP contribution in [0.4, 0.5) is 0 Å². The highest BCUT2D eigenvalue weighted by molar-refractivity contribution is 8.01. The lowest BCUT2D eigenvalue weighted by molar-refractivity contribution is 0.519. The Labute approximate surface area is 82.8 Å². The van der Waals surface area contributed by atoms with Gasteiger partial charge in [-0.3, -0.25) is 0 Å². The van der Waals surface area contributed by atoms with Gasteiger partial charge in [-0.2, -0.15) is 11.8 Å². The summed E-state index contributed by atoms with van der Waals surface area (Å²) in [5.41, 5.74) is 0.282. The van der Waals surface area contributed by atoms with Crippen LogP contribution in [0.25, 0.3) is 0 Å². The molecule has 0 bridgehead atoms. The van der Waals surface area contributed by atoms with E-state index in [2.05, 4.69) is 52.4 Å². The second-order valence-corrected chi connectivity index (χ2v) is 11.7. The first kappa shape index (κ1) is 12.3. The predicted molar refractivity (Wildman–Crippen MR) is 64.6 cm³/mol. The molecule has 0 saturated carbocycles. The first-order chi connectivity index (χ1) is 5.25. The van der Waals surface area contributed by atoms with E-state index < -0.39 is 8.07 Å². The summed E-state index contributed by atoms with van der Waals surface area (Å²) in [4.78, 5) is 0.766. The van der Waals surface area contributed by atoms with Crippen LogP contribution in [0.2, 0.25) is 19.6 Å². The minimum absolute atomic E-state index is 0.282. The zero-order valence-corrected chi connectivity index (χ0v) is 11.1. The minimum Gasteiger partial charge on any atom is -0.164 e. The molecule has 0 aliphatic carbocycles. The molecular formula is C10H22SSi. The molecule has 0 saturated heterocycles. The van der Waals surface area contributed by atoms with Gasteiger partial charge in [0, 0.05) is 4.87 Å². The van der Waals surface area contributed by atoms with Crippen molar-refractivity contribution in [2.24, 2.45) is 5.41 Å². The second-order valence-electron chi connectivity index (χ2n) is 5.01. The Hall–Kier alpha value is 0.307. The summed E-state index contributed by atoms with van der Waals surface area (Å²) in [7, 11) is -1.05. The van der Waals surface area contributed by atoms with Crippen molar-refractivity contribution in [1.29, 1.82) is 0 Å². The molecule has 0 fully saturated rings. The number of hydrogen-bond donors (Lipinski definition) is 0. The summed E-state index contributed by atoms with van der Waals surface area (Å²) in [5.74, 6) is 0. The molecular weight excluding hydrogens is 180 g/mol. The van der Waals surface area contributed by atoms with Crippen LogP contribution >= 0.6 is 11.8 Å². The van der Waals surface area contributed by atoms with Crippen molar-refractivity contribution in [2.75, 3.05) is 6.26 Å². The van der Waals surface area contributed by atoms with Crippen molar-refractivity contribution in [3.63, 3.8) is 0 Å². The Morgan fingerprint density at radius 1 is 1.33 bits per heavy atom. The van der Waals surface area contributed by atoms with Gasteiger partial charge in [-0.25, -0.2) is 0 Å². The van der Waals surface area contributed by atoms with Crippen molar-refractivity contribution in [3.05, 3.63) is 12.7 Å². The number of hydrogen-bond acceptors (Lipinski definition) is 1. The molecule has 0 aromatic carbocycles. The summed E-state index contributed by atoms with van der Waals surface area (Å²) >= 11 is 2.00. The van der Waals surface area contributed by atoms with Crippen LogP contribution in [0.5, 0.6) is 0 Å². The molecule has 0 heterocycles. The molecule has 12 heavy (non-hydrogen) atoms. The van der Waals surface area contributed by atoms with Crippen LogP contribution in [-0.2, 0) is 0 Å². The average Bonchev–Trinajstić information content (AvgIpc) is 1.85. The molecule has 0 aromatic rings. The fraction of sp³-hybridized carbons (Fsp3) is 0.800. The molecule has 0 radical (unpaired) electrons. The second kappa shape index (κ2) is 4.01. The van der Waals surface area contributed by atoms with E-state index in [1.165, 1.54) is 0 Å². The molecule has 1 atom stereocenters. The fourth-order valence-electron chi connectivity index (χ4n) is 1.88. The Bertz CT molecular complexity index is 156. The zero-order chi connectivity index (χ0) is 9.99. The maximum absolute atomic E-state index is 3.92. The predicted octanol–water partition coefficient (Wildman–Crippen LogP) is 3.81. The van der Waals surface area contributed by atoms with Gasteiger partial charge in [-0.05, 0) is 11.7 Å². The Balaban J connectivity index is 4.67. The van der Waals surface area contributed by atoms with E-state index in [4.69, 9.17) is 0 Å². The van der Waals surface area contributed by atoms with E-state index in [0.717, 1.165) is 4.87 Å². The summed E-state index contributed by atoms with van der Waals surface area (Å²) < 4.78 is 0. The maximum Gasteiger partial charge on any atom is 0.0598 e. The number of allylic oxidation sites excluding steroid dienone is 1. The summed E-state index contributed by atoms with van der Waals surface area (Å²) in [6, 6.07) is 0. The average molecular weight is 202 g/mol. The van der Waals surface area contributed by atoms with E-state index >= 15 is 0 Å². The maximum atomic E-state index is 3.92.